The van der Waals surface area contributed by atoms with Crippen LogP contribution in [0.4, 0.5) is 17.1 Å². The summed E-state index contributed by atoms with van der Waals surface area (Å²) in [6.45, 7) is 0. The van der Waals surface area contributed by atoms with Crippen molar-refractivity contribution in [1.82, 2.24) is 0 Å². The quantitative estimate of drug-likeness (QED) is 0.169. The molecule has 278 valence electrons. The molecule has 1 aliphatic rings. The molecule has 3 heterocycles. The molecule has 0 radical (unpaired) electrons. The summed E-state index contributed by atoms with van der Waals surface area (Å²) >= 11 is 3.75. The summed E-state index contributed by atoms with van der Waals surface area (Å²) in [4.78, 5) is 7.53. The average molecular weight is 789 g/mol. The Morgan fingerprint density at radius 3 is 1.66 bits per heavy atom. The van der Waals surface area contributed by atoms with E-state index in [0.717, 1.165) is 5.69 Å². The fourth-order valence-corrected chi connectivity index (χ4v) is 11.4. The zero-order chi connectivity index (χ0) is 38.9. The maximum atomic E-state index is 3.82. The lowest BCUT2D eigenvalue weighted by Gasteiger charge is -2.26. The first-order valence-corrected chi connectivity index (χ1v) is 21.7. The van der Waals surface area contributed by atoms with Gasteiger partial charge in [0.2, 0.25) is 0 Å². The van der Waals surface area contributed by atoms with Crippen LogP contribution < -0.4 is 10.2 Å². The number of rotatable bonds is 6. The Kier molecular flexibility index (Phi) is 8.00. The topological polar surface area (TPSA) is 15.3 Å². The molecule has 1 N–H and O–H groups in total. The number of nitrogens with zero attached hydrogens (tertiary/aromatic N) is 1. The number of para-hydroxylation sites is 3. The number of fused-ring (bicyclic) bond motifs is 5. The molecule has 0 amide bonds. The van der Waals surface area contributed by atoms with Gasteiger partial charge in [-0.05, 0) is 126 Å². The van der Waals surface area contributed by atoms with E-state index in [0.29, 0.717) is 0 Å². The van der Waals surface area contributed by atoms with Crippen LogP contribution in [0.1, 0.15) is 11.0 Å². The van der Waals surface area contributed by atoms with Crippen LogP contribution in [-0.2, 0) is 0 Å². The molecule has 2 nitrogen and oxygen atoms in total. The predicted octanol–water partition coefficient (Wildman–Crippen LogP) is 16.4. The largest absolute Gasteiger partial charge is 0.359 e. The van der Waals surface area contributed by atoms with Gasteiger partial charge in [0.15, 0.2) is 0 Å². The minimum absolute atomic E-state index is 0.0201. The van der Waals surface area contributed by atoms with Crippen LogP contribution in [0.15, 0.2) is 206 Å². The van der Waals surface area contributed by atoms with Gasteiger partial charge >= 0.3 is 0 Å². The van der Waals surface area contributed by atoms with Gasteiger partial charge in [-0.15, -0.1) is 22.7 Å². The van der Waals surface area contributed by atoms with Gasteiger partial charge in [-0.2, -0.15) is 0 Å². The van der Waals surface area contributed by atoms with E-state index in [1.165, 1.54) is 102 Å². The van der Waals surface area contributed by atoms with Gasteiger partial charge in [-0.25, -0.2) is 0 Å². The molecule has 1 unspecified atom stereocenters. The molecule has 0 aliphatic carbocycles. The molecule has 2 aromatic heterocycles. The van der Waals surface area contributed by atoms with Gasteiger partial charge in [0.05, 0.1) is 11.4 Å². The normalized spacial score (nSPS) is 13.7. The SMILES string of the molecule is c1ccc(N2c3ccccc3NC2c2ccc(-c3ccc(-c4ccc5c(-c6cccc7ccccc67)c6ccccc6c(-c6cccc7ccccc67)c5c4)s3)s2)cc1. The molecule has 1 aliphatic heterocycles. The Morgan fingerprint density at radius 1 is 0.390 bits per heavy atom. The highest BCUT2D eigenvalue weighted by Gasteiger charge is 2.32. The minimum Gasteiger partial charge on any atom is -0.359 e. The highest BCUT2D eigenvalue weighted by atomic mass is 32.1. The van der Waals surface area contributed by atoms with Gasteiger partial charge in [0.25, 0.3) is 0 Å². The summed E-state index contributed by atoms with van der Waals surface area (Å²) in [5, 5.41) is 13.9. The van der Waals surface area contributed by atoms with Crippen molar-refractivity contribution in [2.45, 2.75) is 6.17 Å². The Labute approximate surface area is 350 Å². The van der Waals surface area contributed by atoms with E-state index in [9.17, 15) is 0 Å². The number of thiophene rings is 2. The molecule has 0 fully saturated rings. The third kappa shape index (κ3) is 5.60. The second-order valence-electron chi connectivity index (χ2n) is 15.2. The molecular weight excluding hydrogens is 753 g/mol. The second kappa shape index (κ2) is 13.8. The van der Waals surface area contributed by atoms with E-state index in [2.05, 4.69) is 216 Å². The van der Waals surface area contributed by atoms with E-state index < -0.39 is 0 Å². The summed E-state index contributed by atoms with van der Waals surface area (Å²) in [6.07, 6.45) is 0.0201. The number of hydrogen-bond donors (Lipinski definition) is 1. The van der Waals surface area contributed by atoms with Gasteiger partial charge in [0, 0.05) is 25.2 Å². The first kappa shape index (κ1) is 34.1. The summed E-state index contributed by atoms with van der Waals surface area (Å²) in [5.74, 6) is 0. The highest BCUT2D eigenvalue weighted by Crippen LogP contribution is 2.50. The number of hydrogen-bond acceptors (Lipinski definition) is 4. The van der Waals surface area contributed by atoms with Crippen molar-refractivity contribution >= 4 is 82.8 Å². The molecular formula is C55H36N2S2. The van der Waals surface area contributed by atoms with Crippen LogP contribution >= 0.6 is 22.7 Å². The van der Waals surface area contributed by atoms with E-state index in [1.807, 2.05) is 22.7 Å². The summed E-state index contributed by atoms with van der Waals surface area (Å²) < 4.78 is 0. The molecule has 1 atom stereocenters. The van der Waals surface area contributed by atoms with Gasteiger partial charge in [-0.1, -0.05) is 152 Å². The Balaban J connectivity index is 1.01. The fourth-order valence-electron chi connectivity index (χ4n) is 9.29. The molecule has 0 saturated carbocycles. The Bertz CT molecular complexity index is 3380. The third-order valence-corrected chi connectivity index (χ3v) is 14.4. The first-order chi connectivity index (χ1) is 29.3. The van der Waals surface area contributed by atoms with Gasteiger partial charge in [0.1, 0.15) is 6.17 Å². The van der Waals surface area contributed by atoms with E-state index in [4.69, 9.17) is 0 Å². The zero-order valence-electron chi connectivity index (χ0n) is 32.0. The molecule has 0 bridgehead atoms. The van der Waals surface area contributed by atoms with E-state index in [1.54, 1.807) is 0 Å². The van der Waals surface area contributed by atoms with E-state index in [-0.39, 0.29) is 6.17 Å². The van der Waals surface area contributed by atoms with Crippen LogP contribution in [0.5, 0.6) is 0 Å². The average Bonchev–Trinajstić information content (AvgIpc) is 4.08. The maximum absolute atomic E-state index is 3.82. The van der Waals surface area contributed by atoms with Crippen molar-refractivity contribution in [1.29, 1.82) is 0 Å². The summed E-state index contributed by atoms with van der Waals surface area (Å²) in [5.41, 5.74) is 9.86. The molecule has 0 spiro atoms. The van der Waals surface area contributed by atoms with Gasteiger partial charge < -0.3 is 10.2 Å². The lowest BCUT2D eigenvalue weighted by atomic mass is 9.83. The smallest absolute Gasteiger partial charge is 0.139 e. The lowest BCUT2D eigenvalue weighted by Crippen LogP contribution is -2.22. The first-order valence-electron chi connectivity index (χ1n) is 20.1. The summed E-state index contributed by atoms with van der Waals surface area (Å²) in [7, 11) is 0. The maximum Gasteiger partial charge on any atom is 0.139 e. The van der Waals surface area contributed by atoms with Crippen molar-refractivity contribution in [2.75, 3.05) is 10.2 Å². The zero-order valence-corrected chi connectivity index (χ0v) is 33.6. The lowest BCUT2D eigenvalue weighted by molar-refractivity contribution is 0.847. The minimum atomic E-state index is 0.0201. The van der Waals surface area contributed by atoms with Crippen LogP contribution in [-0.4, -0.2) is 0 Å². The second-order valence-corrected chi connectivity index (χ2v) is 17.4. The molecule has 11 aromatic rings. The molecule has 12 rings (SSSR count). The molecule has 4 heteroatoms. The molecule has 0 saturated heterocycles. The molecule has 9 aromatic carbocycles. The fraction of sp³-hybridized carbons (Fsp3) is 0.0182. The molecule has 59 heavy (non-hydrogen) atoms. The van der Waals surface area contributed by atoms with Crippen LogP contribution in [0.3, 0.4) is 0 Å². The standard InChI is InChI=1S/C55H36N2S2/c1-2-18-38(19-3-1)57-48-27-11-10-26-47(48)56-55(57)52-33-32-51(59-52)50-31-30-49(58-50)37-28-29-45-46(34-37)54(42-25-13-17-36-15-5-7-21-40(36)42)44-23-9-8-22-43(44)53(45)41-24-12-16-35-14-4-6-20-39(35)41/h1-34,55-56H. The van der Waals surface area contributed by atoms with Crippen LogP contribution in [0.25, 0.3) is 85.5 Å². The van der Waals surface area contributed by atoms with Crippen molar-refractivity contribution in [3.05, 3.63) is 211 Å². The van der Waals surface area contributed by atoms with E-state index >= 15 is 0 Å². The summed E-state index contributed by atoms with van der Waals surface area (Å²) in [6, 6.07) is 75.8. The number of benzene rings is 9. The highest BCUT2D eigenvalue weighted by molar-refractivity contribution is 7.24. The van der Waals surface area contributed by atoms with Crippen LogP contribution in [0, 0.1) is 0 Å². The number of anilines is 3. The monoisotopic (exact) mass is 788 g/mol. The Hall–Kier alpha value is -6.98. The van der Waals surface area contributed by atoms with Crippen LogP contribution in [0.2, 0.25) is 0 Å². The third-order valence-electron chi connectivity index (χ3n) is 11.9. The van der Waals surface area contributed by atoms with Crippen molar-refractivity contribution in [3.8, 4) is 42.4 Å². The van der Waals surface area contributed by atoms with Crippen molar-refractivity contribution < 1.29 is 0 Å². The van der Waals surface area contributed by atoms with Gasteiger partial charge in [-0.3, -0.25) is 0 Å². The van der Waals surface area contributed by atoms with Crippen molar-refractivity contribution in [2.24, 2.45) is 0 Å². The Morgan fingerprint density at radius 2 is 0.932 bits per heavy atom. The van der Waals surface area contributed by atoms with Crippen molar-refractivity contribution in [3.63, 3.8) is 0 Å². The predicted molar refractivity (Wildman–Crippen MR) is 255 cm³/mol. The number of nitrogens with one attached hydrogen (secondary N) is 1.